The van der Waals surface area contributed by atoms with Gasteiger partial charge in [-0.15, -0.1) is 0 Å². The number of benzene rings is 2. The van der Waals surface area contributed by atoms with Crippen LogP contribution in [0.2, 0.25) is 0 Å². The number of aromatic nitrogens is 4. The minimum atomic E-state index is 0.487. The van der Waals surface area contributed by atoms with Crippen molar-refractivity contribution in [1.29, 1.82) is 0 Å². The van der Waals surface area contributed by atoms with Crippen LogP contribution in [0.3, 0.4) is 0 Å². The number of hydrogen-bond donors (Lipinski definition) is 0. The molecule has 5 nitrogen and oxygen atoms in total. The Morgan fingerprint density at radius 3 is 2.44 bits per heavy atom. The van der Waals surface area contributed by atoms with Crippen LogP contribution in [0.4, 0.5) is 0 Å². The maximum Gasteiger partial charge on any atom is 0.233 e. The van der Waals surface area contributed by atoms with E-state index in [1.54, 1.807) is 6.20 Å². The highest BCUT2D eigenvalue weighted by molar-refractivity contribution is 5.81. The summed E-state index contributed by atoms with van der Waals surface area (Å²) in [6.07, 6.45) is 3.27. The number of hydrogen-bond acceptors (Lipinski definition) is 4. The lowest BCUT2D eigenvalue weighted by molar-refractivity contribution is 0.468. The maximum atomic E-state index is 6.02. The molecule has 27 heavy (non-hydrogen) atoms. The molecule has 0 unspecified atom stereocenters. The second kappa shape index (κ2) is 6.83. The van der Waals surface area contributed by atoms with Crippen LogP contribution in [0.5, 0.6) is 11.6 Å². The number of rotatable bonds is 4. The van der Waals surface area contributed by atoms with Gasteiger partial charge in [-0.1, -0.05) is 43.7 Å². The van der Waals surface area contributed by atoms with Gasteiger partial charge in [0.1, 0.15) is 17.5 Å². The van der Waals surface area contributed by atoms with Gasteiger partial charge in [-0.3, -0.25) is 0 Å². The average Bonchev–Trinajstić information content (AvgIpc) is 3.07. The SMILES string of the molecule is Cc1ccc(-n2ncc3c(Oc4ccc(C(C)C)cc4)ncnc32)c(C)c1. The zero-order chi connectivity index (χ0) is 19.0. The van der Waals surface area contributed by atoms with Crippen LogP contribution in [0.15, 0.2) is 55.0 Å². The predicted molar refractivity (Wildman–Crippen MR) is 107 cm³/mol. The van der Waals surface area contributed by atoms with Gasteiger partial charge in [-0.25, -0.2) is 14.6 Å². The van der Waals surface area contributed by atoms with Gasteiger partial charge in [-0.2, -0.15) is 5.10 Å². The Kier molecular flexibility index (Phi) is 4.36. The van der Waals surface area contributed by atoms with Crippen molar-refractivity contribution in [2.75, 3.05) is 0 Å². The molecule has 0 aliphatic rings. The van der Waals surface area contributed by atoms with E-state index in [2.05, 4.69) is 73.1 Å². The number of aryl methyl sites for hydroxylation is 2. The Bertz CT molecular complexity index is 1100. The number of ether oxygens (including phenoxy) is 1. The van der Waals surface area contributed by atoms with Gasteiger partial charge in [0.15, 0.2) is 5.65 Å². The van der Waals surface area contributed by atoms with Crippen molar-refractivity contribution in [3.8, 4) is 17.3 Å². The first-order valence-electron chi connectivity index (χ1n) is 9.07. The lowest BCUT2D eigenvalue weighted by atomic mass is 10.0. The van der Waals surface area contributed by atoms with Crippen LogP contribution in [0.1, 0.15) is 36.5 Å². The Labute approximate surface area is 158 Å². The lowest BCUT2D eigenvalue weighted by Gasteiger charge is -2.09. The van der Waals surface area contributed by atoms with Crippen molar-refractivity contribution in [1.82, 2.24) is 19.7 Å². The zero-order valence-corrected chi connectivity index (χ0v) is 16.0. The third kappa shape index (κ3) is 3.28. The van der Waals surface area contributed by atoms with E-state index in [1.807, 2.05) is 16.8 Å². The Morgan fingerprint density at radius 2 is 1.74 bits per heavy atom. The Hall–Kier alpha value is -3.21. The van der Waals surface area contributed by atoms with Crippen molar-refractivity contribution < 1.29 is 4.74 Å². The largest absolute Gasteiger partial charge is 0.438 e. The monoisotopic (exact) mass is 358 g/mol. The van der Waals surface area contributed by atoms with E-state index in [-0.39, 0.29) is 0 Å². The highest BCUT2D eigenvalue weighted by Gasteiger charge is 2.14. The third-order valence-electron chi connectivity index (χ3n) is 4.67. The van der Waals surface area contributed by atoms with Crippen LogP contribution in [0, 0.1) is 13.8 Å². The van der Waals surface area contributed by atoms with Crippen LogP contribution < -0.4 is 4.74 Å². The molecule has 2 heterocycles. The Morgan fingerprint density at radius 1 is 0.963 bits per heavy atom. The van der Waals surface area contributed by atoms with E-state index in [1.165, 1.54) is 17.5 Å². The van der Waals surface area contributed by atoms with Gasteiger partial charge >= 0.3 is 0 Å². The molecule has 2 aromatic carbocycles. The normalized spacial score (nSPS) is 11.3. The Balaban J connectivity index is 1.72. The summed E-state index contributed by atoms with van der Waals surface area (Å²) >= 11 is 0. The molecule has 0 saturated heterocycles. The molecule has 0 radical (unpaired) electrons. The van der Waals surface area contributed by atoms with Crippen molar-refractivity contribution in [2.24, 2.45) is 0 Å². The summed E-state index contributed by atoms with van der Waals surface area (Å²) in [5.74, 6) is 1.74. The summed E-state index contributed by atoms with van der Waals surface area (Å²) in [6.45, 7) is 8.50. The van der Waals surface area contributed by atoms with Gasteiger partial charge < -0.3 is 4.74 Å². The summed E-state index contributed by atoms with van der Waals surface area (Å²) in [6, 6.07) is 14.4. The van der Waals surface area contributed by atoms with Crippen molar-refractivity contribution in [3.63, 3.8) is 0 Å². The first-order valence-corrected chi connectivity index (χ1v) is 9.07. The molecule has 2 aromatic heterocycles. The summed E-state index contributed by atoms with van der Waals surface area (Å²) < 4.78 is 7.85. The summed E-state index contributed by atoms with van der Waals surface area (Å²) in [4.78, 5) is 8.75. The molecule has 0 bridgehead atoms. The average molecular weight is 358 g/mol. The molecule has 5 heteroatoms. The zero-order valence-electron chi connectivity index (χ0n) is 16.0. The minimum absolute atomic E-state index is 0.487. The molecular formula is C22H22N4O. The molecule has 136 valence electrons. The fourth-order valence-electron chi connectivity index (χ4n) is 3.16. The molecule has 0 aliphatic heterocycles. The van der Waals surface area contributed by atoms with Crippen LogP contribution in [0.25, 0.3) is 16.7 Å². The molecule has 0 fully saturated rings. The van der Waals surface area contributed by atoms with Crippen molar-refractivity contribution >= 4 is 11.0 Å². The van der Waals surface area contributed by atoms with E-state index in [0.29, 0.717) is 11.8 Å². The molecule has 0 saturated carbocycles. The van der Waals surface area contributed by atoms with E-state index in [4.69, 9.17) is 4.74 Å². The van der Waals surface area contributed by atoms with Crippen LogP contribution in [-0.4, -0.2) is 19.7 Å². The molecule has 0 N–H and O–H groups in total. The number of nitrogens with zero attached hydrogens (tertiary/aromatic N) is 4. The molecule has 0 amide bonds. The van der Waals surface area contributed by atoms with E-state index in [9.17, 15) is 0 Å². The minimum Gasteiger partial charge on any atom is -0.438 e. The van der Waals surface area contributed by atoms with Gasteiger partial charge in [0.25, 0.3) is 0 Å². The highest BCUT2D eigenvalue weighted by Crippen LogP contribution is 2.29. The molecule has 0 spiro atoms. The molecule has 4 rings (SSSR count). The maximum absolute atomic E-state index is 6.02. The topological polar surface area (TPSA) is 52.8 Å². The smallest absolute Gasteiger partial charge is 0.233 e. The van der Waals surface area contributed by atoms with Gasteiger partial charge in [-0.05, 0) is 49.1 Å². The predicted octanol–water partition coefficient (Wildman–Crippen LogP) is 5.35. The fraction of sp³-hybridized carbons (Fsp3) is 0.227. The molecular weight excluding hydrogens is 336 g/mol. The quantitative estimate of drug-likeness (QED) is 0.493. The summed E-state index contributed by atoms with van der Waals surface area (Å²) in [5, 5.41) is 5.31. The lowest BCUT2D eigenvalue weighted by Crippen LogP contribution is -2.01. The first kappa shape index (κ1) is 17.2. The standard InChI is InChI=1S/C22H22N4O/c1-14(2)17-6-8-18(9-7-17)27-22-19-12-25-26(21(19)23-13-24-22)20-10-5-15(3)11-16(20)4/h5-14H,1-4H3. The van der Waals surface area contributed by atoms with E-state index < -0.39 is 0 Å². The summed E-state index contributed by atoms with van der Waals surface area (Å²) in [5.41, 5.74) is 5.37. The van der Waals surface area contributed by atoms with Crippen LogP contribution in [-0.2, 0) is 0 Å². The van der Waals surface area contributed by atoms with Crippen LogP contribution >= 0.6 is 0 Å². The first-order chi connectivity index (χ1) is 13.0. The van der Waals surface area contributed by atoms with E-state index >= 15 is 0 Å². The molecule has 0 aliphatic carbocycles. The van der Waals surface area contributed by atoms with Crippen molar-refractivity contribution in [3.05, 3.63) is 71.7 Å². The van der Waals surface area contributed by atoms with Gasteiger partial charge in [0.2, 0.25) is 5.88 Å². The third-order valence-corrected chi connectivity index (χ3v) is 4.67. The number of fused-ring (bicyclic) bond motifs is 1. The van der Waals surface area contributed by atoms with E-state index in [0.717, 1.165) is 28.0 Å². The highest BCUT2D eigenvalue weighted by atomic mass is 16.5. The van der Waals surface area contributed by atoms with Gasteiger partial charge in [0.05, 0.1) is 11.9 Å². The second-order valence-corrected chi connectivity index (χ2v) is 7.09. The van der Waals surface area contributed by atoms with Crippen molar-refractivity contribution in [2.45, 2.75) is 33.6 Å². The fourth-order valence-corrected chi connectivity index (χ4v) is 3.16. The molecule has 4 aromatic rings. The summed E-state index contributed by atoms with van der Waals surface area (Å²) in [7, 11) is 0. The second-order valence-electron chi connectivity index (χ2n) is 7.09. The van der Waals surface area contributed by atoms with Gasteiger partial charge in [0, 0.05) is 0 Å². The molecule has 0 atom stereocenters.